The van der Waals surface area contributed by atoms with Crippen LogP contribution in [0.4, 0.5) is 0 Å². The smallest absolute Gasteiger partial charge is 0.196 e. The van der Waals surface area contributed by atoms with Gasteiger partial charge in [0, 0.05) is 17.6 Å². The van der Waals surface area contributed by atoms with Gasteiger partial charge in [0.05, 0.1) is 5.25 Å². The maximum Gasteiger partial charge on any atom is 0.196 e. The first-order valence-electron chi connectivity index (χ1n) is 6.00. The normalized spacial score (nSPS) is 12.9. The molecule has 3 heterocycles. The van der Waals surface area contributed by atoms with E-state index < -0.39 is 0 Å². The van der Waals surface area contributed by atoms with Gasteiger partial charge < -0.3 is 5.73 Å². The van der Waals surface area contributed by atoms with Crippen LogP contribution in [0.2, 0.25) is 0 Å². The molecule has 0 aromatic carbocycles. The minimum absolute atomic E-state index is 0.229. The number of fused-ring (bicyclic) bond motifs is 1. The highest BCUT2D eigenvalue weighted by Crippen LogP contribution is 2.37. The number of pyridine rings is 1. The first-order valence-corrected chi connectivity index (χ1v) is 7.76. The average Bonchev–Trinajstić information content (AvgIpc) is 3.03. The fraction of sp³-hybridized carbons (Fsp3) is 0.231. The molecule has 3 aromatic rings. The predicted octanol–water partition coefficient (Wildman–Crippen LogP) is 2.89. The van der Waals surface area contributed by atoms with Gasteiger partial charge >= 0.3 is 0 Å². The lowest BCUT2D eigenvalue weighted by molar-refractivity contribution is 0.892. The first-order chi connectivity index (χ1) is 9.29. The highest BCUT2D eigenvalue weighted by atomic mass is 32.2. The number of thiophene rings is 1. The van der Waals surface area contributed by atoms with Crippen LogP contribution in [-0.4, -0.2) is 21.1 Å². The molecule has 0 saturated carbocycles. The molecule has 0 radical (unpaired) electrons. The van der Waals surface area contributed by atoms with E-state index in [1.807, 2.05) is 28.8 Å². The third-order valence-electron chi connectivity index (χ3n) is 2.94. The molecule has 0 amide bonds. The zero-order valence-electron chi connectivity index (χ0n) is 10.5. The SMILES string of the molecule is Cc1ccsc1C(CN)Sc1nnc2ccccn12. The van der Waals surface area contributed by atoms with E-state index in [0.717, 1.165) is 10.8 Å². The average molecular weight is 290 g/mol. The van der Waals surface area contributed by atoms with Crippen LogP contribution in [-0.2, 0) is 0 Å². The van der Waals surface area contributed by atoms with E-state index in [9.17, 15) is 0 Å². The Morgan fingerprint density at radius 1 is 1.37 bits per heavy atom. The van der Waals surface area contributed by atoms with E-state index in [-0.39, 0.29) is 5.25 Å². The van der Waals surface area contributed by atoms with Gasteiger partial charge in [0.2, 0.25) is 0 Å². The van der Waals surface area contributed by atoms with Crippen molar-refractivity contribution >= 4 is 28.7 Å². The maximum absolute atomic E-state index is 5.92. The van der Waals surface area contributed by atoms with E-state index in [2.05, 4.69) is 28.6 Å². The number of hydrogen-bond donors (Lipinski definition) is 1. The molecule has 0 aliphatic carbocycles. The van der Waals surface area contributed by atoms with Gasteiger partial charge in [-0.25, -0.2) is 0 Å². The Bertz CT molecular complexity index is 689. The van der Waals surface area contributed by atoms with Gasteiger partial charge in [-0.1, -0.05) is 17.8 Å². The Labute approximate surface area is 119 Å². The number of nitrogens with zero attached hydrogens (tertiary/aromatic N) is 3. The van der Waals surface area contributed by atoms with Crippen molar-refractivity contribution in [2.45, 2.75) is 17.3 Å². The molecular weight excluding hydrogens is 276 g/mol. The van der Waals surface area contributed by atoms with Gasteiger partial charge in [0.1, 0.15) is 0 Å². The van der Waals surface area contributed by atoms with Gasteiger partial charge in [-0.05, 0) is 36.1 Å². The molecule has 98 valence electrons. The molecule has 4 nitrogen and oxygen atoms in total. The summed E-state index contributed by atoms with van der Waals surface area (Å²) in [6.45, 7) is 2.71. The summed E-state index contributed by atoms with van der Waals surface area (Å²) < 4.78 is 2.00. The van der Waals surface area contributed by atoms with Crippen LogP contribution >= 0.6 is 23.1 Å². The second kappa shape index (κ2) is 5.32. The van der Waals surface area contributed by atoms with Crippen LogP contribution in [0.5, 0.6) is 0 Å². The fourth-order valence-corrected chi connectivity index (χ4v) is 4.18. The van der Waals surface area contributed by atoms with Gasteiger partial charge in [0.25, 0.3) is 0 Å². The van der Waals surface area contributed by atoms with Crippen LogP contribution < -0.4 is 5.73 Å². The molecule has 6 heteroatoms. The summed E-state index contributed by atoms with van der Waals surface area (Å²) >= 11 is 3.42. The Balaban J connectivity index is 1.93. The number of rotatable bonds is 4. The van der Waals surface area contributed by atoms with Crippen molar-refractivity contribution in [3.05, 3.63) is 46.3 Å². The van der Waals surface area contributed by atoms with Crippen molar-refractivity contribution in [2.75, 3.05) is 6.54 Å². The monoisotopic (exact) mass is 290 g/mol. The standard InChI is InChI=1S/C13H14N4S2/c1-9-5-7-18-12(9)10(8-14)19-13-16-15-11-4-2-3-6-17(11)13/h2-7,10H,8,14H2,1H3. The largest absolute Gasteiger partial charge is 0.329 e. The van der Waals surface area contributed by atoms with Crippen molar-refractivity contribution in [2.24, 2.45) is 5.73 Å². The Morgan fingerprint density at radius 2 is 2.26 bits per heavy atom. The summed E-state index contributed by atoms with van der Waals surface area (Å²) in [4.78, 5) is 1.32. The minimum Gasteiger partial charge on any atom is -0.329 e. The third kappa shape index (κ3) is 2.39. The van der Waals surface area contributed by atoms with Gasteiger partial charge in [-0.2, -0.15) is 0 Å². The van der Waals surface area contributed by atoms with E-state index in [1.54, 1.807) is 23.1 Å². The van der Waals surface area contributed by atoms with Gasteiger partial charge in [-0.3, -0.25) is 4.40 Å². The molecule has 1 atom stereocenters. The summed E-state index contributed by atoms with van der Waals surface area (Å²) in [7, 11) is 0. The molecule has 0 bridgehead atoms. The second-order valence-corrected chi connectivity index (χ2v) is 6.34. The zero-order valence-corrected chi connectivity index (χ0v) is 12.1. The highest BCUT2D eigenvalue weighted by molar-refractivity contribution is 7.99. The molecule has 0 saturated heterocycles. The van der Waals surface area contributed by atoms with Crippen LogP contribution in [0.15, 0.2) is 41.0 Å². The molecule has 0 aliphatic rings. The number of thioether (sulfide) groups is 1. The van der Waals surface area contributed by atoms with Crippen LogP contribution in [0.25, 0.3) is 5.65 Å². The van der Waals surface area contributed by atoms with Crippen molar-refractivity contribution in [3.63, 3.8) is 0 Å². The highest BCUT2D eigenvalue weighted by Gasteiger charge is 2.18. The quantitative estimate of drug-likeness (QED) is 0.751. The zero-order chi connectivity index (χ0) is 13.2. The molecular formula is C13H14N4S2. The Kier molecular flexibility index (Phi) is 3.54. The predicted molar refractivity (Wildman–Crippen MR) is 79.7 cm³/mol. The van der Waals surface area contributed by atoms with E-state index in [4.69, 9.17) is 5.73 Å². The Morgan fingerprint density at radius 3 is 3.00 bits per heavy atom. The number of hydrogen-bond acceptors (Lipinski definition) is 5. The molecule has 0 spiro atoms. The summed E-state index contributed by atoms with van der Waals surface area (Å²) in [6, 6.07) is 8.02. The van der Waals surface area contributed by atoms with Crippen molar-refractivity contribution < 1.29 is 0 Å². The minimum atomic E-state index is 0.229. The van der Waals surface area contributed by atoms with Crippen LogP contribution in [0, 0.1) is 6.92 Å². The summed E-state index contributed by atoms with van der Waals surface area (Å²) in [5.74, 6) is 0. The molecule has 1 unspecified atom stereocenters. The van der Waals surface area contributed by atoms with E-state index in [0.29, 0.717) is 6.54 Å². The topological polar surface area (TPSA) is 56.2 Å². The molecule has 0 fully saturated rings. The summed E-state index contributed by atoms with van der Waals surface area (Å²) in [6.07, 6.45) is 1.98. The first kappa shape index (κ1) is 12.7. The maximum atomic E-state index is 5.92. The van der Waals surface area contributed by atoms with Gasteiger partial charge in [0.15, 0.2) is 10.8 Å². The van der Waals surface area contributed by atoms with E-state index >= 15 is 0 Å². The van der Waals surface area contributed by atoms with Crippen LogP contribution in [0.1, 0.15) is 15.7 Å². The lowest BCUT2D eigenvalue weighted by Gasteiger charge is -2.12. The molecule has 3 rings (SSSR count). The Hall–Kier alpha value is -1.37. The molecule has 19 heavy (non-hydrogen) atoms. The molecule has 3 aromatic heterocycles. The van der Waals surface area contributed by atoms with Crippen molar-refractivity contribution in [1.82, 2.24) is 14.6 Å². The lowest BCUT2D eigenvalue weighted by atomic mass is 10.2. The molecule has 0 aliphatic heterocycles. The number of aromatic nitrogens is 3. The lowest BCUT2D eigenvalue weighted by Crippen LogP contribution is -2.09. The molecule has 2 N–H and O–H groups in total. The van der Waals surface area contributed by atoms with Crippen molar-refractivity contribution in [3.8, 4) is 0 Å². The van der Waals surface area contributed by atoms with Crippen LogP contribution in [0.3, 0.4) is 0 Å². The van der Waals surface area contributed by atoms with Gasteiger partial charge in [-0.15, -0.1) is 21.5 Å². The van der Waals surface area contributed by atoms with E-state index in [1.165, 1.54) is 10.4 Å². The fourth-order valence-electron chi connectivity index (χ4n) is 1.95. The van der Waals surface area contributed by atoms with Crippen molar-refractivity contribution in [1.29, 1.82) is 0 Å². The second-order valence-electron chi connectivity index (χ2n) is 4.22. The summed E-state index contributed by atoms with van der Waals surface area (Å²) in [5, 5.41) is 11.6. The number of aryl methyl sites for hydroxylation is 1. The number of nitrogens with two attached hydrogens (primary N) is 1. The third-order valence-corrected chi connectivity index (χ3v) is 5.42. The summed E-state index contributed by atoms with van der Waals surface area (Å²) in [5.41, 5.74) is 8.08.